The molecule has 104 valence electrons. The van der Waals surface area contributed by atoms with Gasteiger partial charge < -0.3 is 9.88 Å². The monoisotopic (exact) mass is 274 g/mol. The van der Waals surface area contributed by atoms with Crippen molar-refractivity contribution in [2.24, 2.45) is 7.05 Å². The molecule has 2 aromatic rings. The molecule has 0 unspecified atom stereocenters. The standard InChI is InChI=1S/C15H15FN2O2/c1-3-10-8-13(15(20)18(2)9-10)17-14(19)11-6-4-5-7-12(11)16/h4-9H,3H2,1-2H3,(H,17,19). The van der Waals surface area contributed by atoms with Crippen molar-refractivity contribution in [3.63, 3.8) is 0 Å². The zero-order valence-electron chi connectivity index (χ0n) is 11.3. The third-order valence-corrected chi connectivity index (χ3v) is 3.01. The highest BCUT2D eigenvalue weighted by atomic mass is 19.1. The zero-order chi connectivity index (χ0) is 14.7. The molecule has 0 saturated carbocycles. The van der Waals surface area contributed by atoms with Crippen LogP contribution in [0.4, 0.5) is 10.1 Å². The summed E-state index contributed by atoms with van der Waals surface area (Å²) < 4.78 is 14.9. The molecule has 4 nitrogen and oxygen atoms in total. The molecule has 5 heteroatoms. The van der Waals surface area contributed by atoms with E-state index < -0.39 is 11.7 Å². The van der Waals surface area contributed by atoms with Crippen LogP contribution in [0, 0.1) is 5.82 Å². The first-order valence-corrected chi connectivity index (χ1v) is 6.28. The summed E-state index contributed by atoms with van der Waals surface area (Å²) in [7, 11) is 1.61. The van der Waals surface area contributed by atoms with E-state index in [4.69, 9.17) is 0 Å². The molecular weight excluding hydrogens is 259 g/mol. The topological polar surface area (TPSA) is 51.1 Å². The quantitative estimate of drug-likeness (QED) is 0.934. The largest absolute Gasteiger partial charge is 0.317 e. The van der Waals surface area contributed by atoms with E-state index >= 15 is 0 Å². The first-order valence-electron chi connectivity index (χ1n) is 6.28. The van der Waals surface area contributed by atoms with Crippen LogP contribution >= 0.6 is 0 Å². The lowest BCUT2D eigenvalue weighted by Gasteiger charge is -2.09. The van der Waals surface area contributed by atoms with Gasteiger partial charge in [-0.3, -0.25) is 9.59 Å². The maximum absolute atomic E-state index is 13.5. The summed E-state index contributed by atoms with van der Waals surface area (Å²) in [5, 5.41) is 2.47. The fourth-order valence-electron chi connectivity index (χ4n) is 1.90. The van der Waals surface area contributed by atoms with Crippen LogP contribution in [0.25, 0.3) is 0 Å². The number of amides is 1. The van der Waals surface area contributed by atoms with Crippen molar-refractivity contribution in [2.75, 3.05) is 5.32 Å². The average Bonchev–Trinajstić information content (AvgIpc) is 2.43. The molecule has 1 heterocycles. The second-order valence-electron chi connectivity index (χ2n) is 4.47. The van der Waals surface area contributed by atoms with Crippen LogP contribution in [-0.4, -0.2) is 10.5 Å². The van der Waals surface area contributed by atoms with Crippen LogP contribution < -0.4 is 10.9 Å². The van der Waals surface area contributed by atoms with Crippen LogP contribution in [-0.2, 0) is 13.5 Å². The van der Waals surface area contributed by atoms with E-state index in [9.17, 15) is 14.0 Å². The summed E-state index contributed by atoms with van der Waals surface area (Å²) in [6.45, 7) is 1.95. The summed E-state index contributed by atoms with van der Waals surface area (Å²) in [5.41, 5.74) is 0.652. The van der Waals surface area contributed by atoms with Crippen molar-refractivity contribution < 1.29 is 9.18 Å². The second-order valence-corrected chi connectivity index (χ2v) is 4.47. The van der Waals surface area contributed by atoms with Crippen LogP contribution in [0.5, 0.6) is 0 Å². The van der Waals surface area contributed by atoms with Gasteiger partial charge in [-0.1, -0.05) is 19.1 Å². The lowest BCUT2D eigenvalue weighted by Crippen LogP contribution is -2.25. The highest BCUT2D eigenvalue weighted by molar-refractivity contribution is 6.04. The summed E-state index contributed by atoms with van der Waals surface area (Å²) in [4.78, 5) is 23.9. The number of nitrogens with zero attached hydrogens (tertiary/aromatic N) is 1. The van der Waals surface area contributed by atoms with Gasteiger partial charge in [-0.05, 0) is 30.2 Å². The van der Waals surface area contributed by atoms with Crippen LogP contribution in [0.2, 0.25) is 0 Å². The molecule has 0 aliphatic carbocycles. The van der Waals surface area contributed by atoms with E-state index in [2.05, 4.69) is 5.32 Å². The predicted octanol–water partition coefficient (Wildman–Crippen LogP) is 2.34. The van der Waals surface area contributed by atoms with Gasteiger partial charge in [-0.2, -0.15) is 0 Å². The molecule has 0 radical (unpaired) electrons. The summed E-state index contributed by atoms with van der Waals surface area (Å²) >= 11 is 0. The number of pyridine rings is 1. The molecule has 1 N–H and O–H groups in total. The minimum atomic E-state index is -0.631. The molecule has 1 aromatic heterocycles. The first kappa shape index (κ1) is 14.0. The molecular formula is C15H15FN2O2. The Morgan fingerprint density at radius 3 is 2.70 bits per heavy atom. The number of nitrogens with one attached hydrogen (secondary N) is 1. The van der Waals surface area contributed by atoms with Crippen LogP contribution in [0.1, 0.15) is 22.8 Å². The molecule has 0 spiro atoms. The van der Waals surface area contributed by atoms with E-state index in [-0.39, 0.29) is 16.8 Å². The molecule has 1 amide bonds. The van der Waals surface area contributed by atoms with Crippen molar-refractivity contribution in [1.29, 1.82) is 0 Å². The maximum atomic E-state index is 13.5. The lowest BCUT2D eigenvalue weighted by atomic mass is 10.2. The normalized spacial score (nSPS) is 10.3. The number of rotatable bonds is 3. The Bertz CT molecular complexity index is 707. The second kappa shape index (κ2) is 5.69. The van der Waals surface area contributed by atoms with Gasteiger partial charge >= 0.3 is 0 Å². The number of carbonyl (C=O) groups is 1. The van der Waals surface area contributed by atoms with Crippen molar-refractivity contribution >= 4 is 11.6 Å². The number of aromatic nitrogens is 1. The molecule has 0 aliphatic rings. The molecule has 0 fully saturated rings. The number of hydrogen-bond donors (Lipinski definition) is 1. The van der Waals surface area contributed by atoms with Gasteiger partial charge in [0.05, 0.1) is 5.56 Å². The molecule has 20 heavy (non-hydrogen) atoms. The fraction of sp³-hybridized carbons (Fsp3) is 0.200. The van der Waals surface area contributed by atoms with Crippen molar-refractivity contribution in [3.05, 3.63) is 63.8 Å². The maximum Gasteiger partial charge on any atom is 0.274 e. The van der Waals surface area contributed by atoms with E-state index in [1.54, 1.807) is 25.4 Å². The van der Waals surface area contributed by atoms with E-state index in [1.807, 2.05) is 6.92 Å². The highest BCUT2D eigenvalue weighted by Gasteiger charge is 2.13. The Morgan fingerprint density at radius 1 is 1.35 bits per heavy atom. The van der Waals surface area contributed by atoms with E-state index in [0.717, 1.165) is 12.0 Å². The number of carbonyl (C=O) groups excluding carboxylic acids is 1. The van der Waals surface area contributed by atoms with Gasteiger partial charge in [0, 0.05) is 13.2 Å². The third kappa shape index (κ3) is 2.77. The Hall–Kier alpha value is -2.43. The SMILES string of the molecule is CCc1cc(NC(=O)c2ccccc2F)c(=O)n(C)c1. The number of benzene rings is 1. The summed E-state index contributed by atoms with van der Waals surface area (Å²) in [6.07, 6.45) is 2.44. The van der Waals surface area contributed by atoms with E-state index in [1.165, 1.54) is 22.8 Å². The van der Waals surface area contributed by atoms with Gasteiger partial charge in [0.25, 0.3) is 11.5 Å². The van der Waals surface area contributed by atoms with Gasteiger partial charge in [0.1, 0.15) is 11.5 Å². The summed E-state index contributed by atoms with van der Waals surface area (Å²) in [6, 6.07) is 7.26. The molecule has 0 bridgehead atoms. The number of halogens is 1. The average molecular weight is 274 g/mol. The van der Waals surface area contributed by atoms with Crippen LogP contribution in [0.3, 0.4) is 0 Å². The predicted molar refractivity (Wildman–Crippen MR) is 75.4 cm³/mol. The Kier molecular flexibility index (Phi) is 3.98. The highest BCUT2D eigenvalue weighted by Crippen LogP contribution is 2.11. The third-order valence-electron chi connectivity index (χ3n) is 3.01. The smallest absolute Gasteiger partial charge is 0.274 e. The number of anilines is 1. The van der Waals surface area contributed by atoms with Crippen LogP contribution in [0.15, 0.2) is 41.3 Å². The number of aryl methyl sites for hydroxylation is 2. The zero-order valence-corrected chi connectivity index (χ0v) is 11.3. The molecule has 1 aromatic carbocycles. The molecule has 0 aliphatic heterocycles. The van der Waals surface area contributed by atoms with Gasteiger partial charge in [0.2, 0.25) is 0 Å². The Labute approximate surface area is 115 Å². The summed E-state index contributed by atoms with van der Waals surface area (Å²) in [5.74, 6) is -1.25. The number of hydrogen-bond acceptors (Lipinski definition) is 2. The molecule has 2 rings (SSSR count). The van der Waals surface area contributed by atoms with Crippen molar-refractivity contribution in [1.82, 2.24) is 4.57 Å². The minimum absolute atomic E-state index is 0.0866. The van der Waals surface area contributed by atoms with Crippen molar-refractivity contribution in [3.8, 4) is 0 Å². The van der Waals surface area contributed by atoms with Crippen molar-refractivity contribution in [2.45, 2.75) is 13.3 Å². The van der Waals surface area contributed by atoms with Gasteiger partial charge in [0.15, 0.2) is 0 Å². The Morgan fingerprint density at radius 2 is 2.05 bits per heavy atom. The Balaban J connectivity index is 2.35. The molecule has 0 saturated heterocycles. The molecule has 0 atom stereocenters. The van der Waals surface area contributed by atoms with Gasteiger partial charge in [-0.25, -0.2) is 4.39 Å². The van der Waals surface area contributed by atoms with E-state index in [0.29, 0.717) is 0 Å². The fourth-order valence-corrected chi connectivity index (χ4v) is 1.90. The first-order chi connectivity index (χ1) is 9.52. The lowest BCUT2D eigenvalue weighted by molar-refractivity contribution is 0.102. The van der Waals surface area contributed by atoms with Gasteiger partial charge in [-0.15, -0.1) is 0 Å². The minimum Gasteiger partial charge on any atom is -0.317 e.